The van der Waals surface area contributed by atoms with Crippen LogP contribution in [0.15, 0.2) is 48.5 Å². The maximum atomic E-state index is 10.6. The Bertz CT molecular complexity index is 1180. The van der Waals surface area contributed by atoms with Crippen LogP contribution in [0.3, 0.4) is 0 Å². The van der Waals surface area contributed by atoms with Crippen molar-refractivity contribution in [3.05, 3.63) is 55.7 Å². The van der Waals surface area contributed by atoms with Crippen LogP contribution in [0.1, 0.15) is 28.1 Å². The van der Waals surface area contributed by atoms with Gasteiger partial charge in [-0.3, -0.25) is 8.98 Å². The van der Waals surface area contributed by atoms with Crippen LogP contribution in [0.5, 0.6) is 11.5 Å². The van der Waals surface area contributed by atoms with E-state index < -0.39 is 10.1 Å². The molecule has 0 saturated heterocycles. The molecule has 0 atom stereocenters. The van der Waals surface area contributed by atoms with Crippen LogP contribution in [0.2, 0.25) is 0 Å². The number of aromatic hydroxyl groups is 1. The molecule has 0 radical (unpaired) electrons. The minimum Gasteiger partial charge on any atom is -1.00 e. The van der Waals surface area contributed by atoms with Crippen LogP contribution in [-0.4, -0.2) is 145 Å². The molecule has 0 aliphatic rings. The Hall–Kier alpha value is 1.79. The number of carbonyl (C=O) groups is 1. The van der Waals surface area contributed by atoms with Crippen molar-refractivity contribution in [2.45, 2.75) is 26.7 Å². The first-order valence-electron chi connectivity index (χ1n) is 17.6. The topological polar surface area (TPSA) is 196 Å². The Labute approximate surface area is 453 Å². The van der Waals surface area contributed by atoms with Crippen molar-refractivity contribution in [1.82, 2.24) is 0 Å². The number of hydrogen-bond donors (Lipinski definition) is 1. The predicted octanol–water partition coefficient (Wildman–Crippen LogP) is -1.86. The summed E-state index contributed by atoms with van der Waals surface area (Å²) < 4.78 is 76.1. The van der Waals surface area contributed by atoms with Crippen LogP contribution in [0.4, 0.5) is 0 Å². The number of hydrogen-bond acceptors (Lipinski definition) is 16. The van der Waals surface area contributed by atoms with Gasteiger partial charge in [-0.2, -0.15) is 8.42 Å². The van der Waals surface area contributed by atoms with E-state index in [0.29, 0.717) is 98.2 Å². The van der Waals surface area contributed by atoms with Crippen molar-refractivity contribution in [3.8, 4) is 11.5 Å². The zero-order valence-corrected chi connectivity index (χ0v) is 45.5. The molecule has 0 aliphatic heterocycles. The van der Waals surface area contributed by atoms with Crippen molar-refractivity contribution in [2.75, 3.05) is 125 Å². The monoisotopic (exact) mass is 1110 g/mol. The molecular formula is C36H60I2K2O16S. The third-order valence-electron chi connectivity index (χ3n) is 5.63. The number of benzene rings is 2. The molecule has 1 N–H and O–H groups in total. The van der Waals surface area contributed by atoms with Gasteiger partial charge in [0.15, 0.2) is 0 Å². The van der Waals surface area contributed by atoms with Crippen LogP contribution in [0, 0.1) is 7.14 Å². The molecule has 0 fully saturated rings. The number of halogens is 2. The second-order valence-electron chi connectivity index (χ2n) is 10.4. The van der Waals surface area contributed by atoms with E-state index in [2.05, 4.69) is 68.1 Å². The van der Waals surface area contributed by atoms with Gasteiger partial charge in [0.05, 0.1) is 105 Å². The van der Waals surface area contributed by atoms with E-state index in [9.17, 15) is 8.42 Å². The fraction of sp³-hybridized carbons (Fsp3) is 0.639. The second-order valence-corrected chi connectivity index (χ2v) is 14.5. The van der Waals surface area contributed by atoms with E-state index in [4.69, 9.17) is 57.8 Å². The van der Waals surface area contributed by atoms with E-state index in [-0.39, 0.29) is 124 Å². The fourth-order valence-corrected chi connectivity index (χ4v) is 4.34. The van der Waals surface area contributed by atoms with Gasteiger partial charge in [-0.05, 0) is 107 Å². The maximum Gasteiger partial charge on any atom is 1.00 e. The van der Waals surface area contributed by atoms with Gasteiger partial charge in [0.25, 0.3) is 16.6 Å². The SMILES string of the molecule is CCCOCCOCCOCCOCCOS(C)(=O)=O.CCCOCCOCCOCCOCCOc1ccc(I)cc1.O=CO[O-].Oc1ccc(I)cc1.[H-].[K+].[K+]. The summed E-state index contributed by atoms with van der Waals surface area (Å²) >= 11 is 4.45. The summed E-state index contributed by atoms with van der Waals surface area (Å²) in [5, 5.41) is 17.2. The van der Waals surface area contributed by atoms with Crippen molar-refractivity contribution in [2.24, 2.45) is 0 Å². The number of phenols is 1. The second kappa shape index (κ2) is 52.1. The van der Waals surface area contributed by atoms with Crippen LogP contribution < -0.4 is 113 Å². The molecule has 0 saturated carbocycles. The fourth-order valence-electron chi connectivity index (χ4n) is 3.25. The molecule has 0 spiro atoms. The summed E-state index contributed by atoms with van der Waals surface area (Å²) in [5.74, 6) is 1.19. The van der Waals surface area contributed by atoms with Crippen LogP contribution in [-0.2, 0) is 61.9 Å². The third-order valence-corrected chi connectivity index (χ3v) is 7.66. The molecule has 0 aromatic heterocycles. The maximum absolute atomic E-state index is 10.6. The molecule has 2 rings (SSSR count). The average Bonchev–Trinajstić information content (AvgIpc) is 3.17. The van der Waals surface area contributed by atoms with E-state index in [0.717, 1.165) is 41.6 Å². The first kappa shape index (κ1) is 65.4. The zero-order valence-electron chi connectivity index (χ0n) is 35.1. The Morgan fingerprint density at radius 1 is 0.561 bits per heavy atom. The molecular weight excluding hydrogens is 1050 g/mol. The van der Waals surface area contributed by atoms with E-state index in [1.807, 2.05) is 36.4 Å². The Balaban J connectivity index is -0.000000243. The van der Waals surface area contributed by atoms with E-state index in [1.165, 1.54) is 3.57 Å². The smallest absolute Gasteiger partial charge is 1.00 e. The first-order chi connectivity index (χ1) is 26.6. The standard InChI is InChI=1S/C17H27IO5.C12H26O7S.C6H5IO.CH2O3.2K.H/c1-2-7-19-8-9-20-10-11-21-12-13-22-14-15-23-17-5-3-16(18)4-6-17;1-3-4-15-5-6-16-7-8-17-9-10-18-11-12-19-20(2,13)14;7-5-1-3-6(8)4-2-5;2-1-4-3;;;/h3-6H,2,7-15H2,1H3;3-12H2,1-2H3;1-4,8H;1,3H;;;/q;;;;2*+1;-1/p-1. The van der Waals surface area contributed by atoms with Gasteiger partial charge >= 0.3 is 103 Å². The molecule has 2 aromatic rings. The zero-order chi connectivity index (χ0) is 41.1. The van der Waals surface area contributed by atoms with Gasteiger partial charge in [-0.1, -0.05) is 13.8 Å². The van der Waals surface area contributed by atoms with Crippen molar-refractivity contribution in [3.63, 3.8) is 0 Å². The molecule has 21 heteroatoms. The summed E-state index contributed by atoms with van der Waals surface area (Å²) in [5.41, 5.74) is 0. The van der Waals surface area contributed by atoms with E-state index >= 15 is 0 Å². The minimum atomic E-state index is -3.38. The quantitative estimate of drug-likeness (QED) is 0.0168. The number of ether oxygens (including phenoxy) is 9. The predicted molar refractivity (Wildman–Crippen MR) is 222 cm³/mol. The molecule has 0 aliphatic carbocycles. The number of rotatable bonds is 31. The van der Waals surface area contributed by atoms with Crippen molar-refractivity contribution < 1.29 is 179 Å². The Kier molecular flexibility index (Phi) is 59.8. The molecule has 57 heavy (non-hydrogen) atoms. The summed E-state index contributed by atoms with van der Waals surface area (Å²) in [6.45, 7) is 13.5. The minimum absolute atomic E-state index is 0. The van der Waals surface area contributed by atoms with Crippen LogP contribution in [0.25, 0.3) is 0 Å². The molecule has 0 heterocycles. The van der Waals surface area contributed by atoms with Crippen LogP contribution >= 0.6 is 45.2 Å². The molecule has 0 amide bonds. The van der Waals surface area contributed by atoms with Gasteiger partial charge < -0.3 is 59.3 Å². The Morgan fingerprint density at radius 2 is 0.842 bits per heavy atom. The average molecular weight is 1110 g/mol. The van der Waals surface area contributed by atoms with Gasteiger partial charge in [-0.15, -0.1) is 0 Å². The Morgan fingerprint density at radius 3 is 1.12 bits per heavy atom. The molecule has 0 unspecified atom stereocenters. The summed E-state index contributed by atoms with van der Waals surface area (Å²) in [4.78, 5) is 11.2. The summed E-state index contributed by atoms with van der Waals surface area (Å²) in [6, 6.07) is 15.0. The van der Waals surface area contributed by atoms with Crippen molar-refractivity contribution in [1.29, 1.82) is 0 Å². The van der Waals surface area contributed by atoms with Gasteiger partial charge in [0, 0.05) is 20.4 Å². The number of phenolic OH excluding ortho intramolecular Hbond substituents is 1. The van der Waals surface area contributed by atoms with Gasteiger partial charge in [0.2, 0.25) is 0 Å². The van der Waals surface area contributed by atoms with Crippen molar-refractivity contribution >= 4 is 61.8 Å². The van der Waals surface area contributed by atoms with Gasteiger partial charge in [0.1, 0.15) is 18.1 Å². The third kappa shape index (κ3) is 57.8. The normalized spacial score (nSPS) is 10.2. The van der Waals surface area contributed by atoms with Gasteiger partial charge in [-0.25, -0.2) is 0 Å². The molecule has 322 valence electrons. The first-order valence-corrected chi connectivity index (χ1v) is 21.6. The molecule has 2 aromatic carbocycles. The van der Waals surface area contributed by atoms with E-state index in [1.54, 1.807) is 12.1 Å². The summed E-state index contributed by atoms with van der Waals surface area (Å²) in [7, 11) is -3.38. The summed E-state index contributed by atoms with van der Waals surface area (Å²) in [6.07, 6.45) is 3.06. The molecule has 16 nitrogen and oxygen atoms in total. The number of carbonyl (C=O) groups excluding carboxylic acids is 1. The molecule has 0 bridgehead atoms. The largest absolute Gasteiger partial charge is 1.00 e.